The van der Waals surface area contributed by atoms with E-state index in [0.717, 1.165) is 11.5 Å². The third kappa shape index (κ3) is 1.81. The molecular weight excluding hydrogens is 292 g/mol. The standard InChI is InChI=1S/C9H12N4O2S3/c10-7-8(13-3-6-17-9(13)11-7)18(14,15)12-1-4-16-5-2-12/h3,6H,1-2,4-5,10H2. The monoisotopic (exact) mass is 304 g/mol. The SMILES string of the molecule is Nc1nc2sccn2c1S(=O)(=O)N1CCSCC1. The predicted octanol–water partition coefficient (Wildman–Crippen LogP) is 0.716. The minimum absolute atomic E-state index is 0.0834. The molecule has 2 N–H and O–H groups in total. The third-order valence-electron chi connectivity index (χ3n) is 2.80. The summed E-state index contributed by atoms with van der Waals surface area (Å²) in [4.78, 5) is 4.69. The fraction of sp³-hybridized carbons (Fsp3) is 0.444. The van der Waals surface area contributed by atoms with Gasteiger partial charge in [0.25, 0.3) is 10.0 Å². The van der Waals surface area contributed by atoms with Gasteiger partial charge in [0.05, 0.1) is 0 Å². The first-order chi connectivity index (χ1) is 8.60. The van der Waals surface area contributed by atoms with Crippen molar-refractivity contribution in [3.05, 3.63) is 11.6 Å². The van der Waals surface area contributed by atoms with Gasteiger partial charge in [0.2, 0.25) is 0 Å². The predicted molar refractivity (Wildman–Crippen MR) is 73.6 cm³/mol. The lowest BCUT2D eigenvalue weighted by Crippen LogP contribution is -2.38. The maximum absolute atomic E-state index is 12.6. The van der Waals surface area contributed by atoms with Gasteiger partial charge in [0, 0.05) is 36.2 Å². The van der Waals surface area contributed by atoms with E-state index in [4.69, 9.17) is 5.73 Å². The third-order valence-corrected chi connectivity index (χ3v) is 6.44. The summed E-state index contributed by atoms with van der Waals surface area (Å²) < 4.78 is 28.2. The summed E-state index contributed by atoms with van der Waals surface area (Å²) in [5.41, 5.74) is 5.75. The van der Waals surface area contributed by atoms with E-state index in [1.54, 1.807) is 27.7 Å². The van der Waals surface area contributed by atoms with Gasteiger partial charge in [-0.25, -0.2) is 13.4 Å². The van der Waals surface area contributed by atoms with Crippen LogP contribution in [0.3, 0.4) is 0 Å². The number of imidazole rings is 1. The van der Waals surface area contributed by atoms with Crippen molar-refractivity contribution in [2.24, 2.45) is 0 Å². The van der Waals surface area contributed by atoms with Gasteiger partial charge in [-0.1, -0.05) is 0 Å². The lowest BCUT2D eigenvalue weighted by Gasteiger charge is -2.25. The Hall–Kier alpha value is -0.770. The summed E-state index contributed by atoms with van der Waals surface area (Å²) in [5.74, 6) is 1.73. The molecule has 2 aromatic heterocycles. The van der Waals surface area contributed by atoms with Gasteiger partial charge in [0.1, 0.15) is 0 Å². The number of hydrogen-bond acceptors (Lipinski definition) is 6. The molecule has 0 radical (unpaired) electrons. The lowest BCUT2D eigenvalue weighted by molar-refractivity contribution is 0.441. The molecule has 3 rings (SSSR count). The van der Waals surface area contributed by atoms with E-state index in [0.29, 0.717) is 18.1 Å². The molecular formula is C9H12N4O2S3. The fourth-order valence-electron chi connectivity index (χ4n) is 1.95. The Morgan fingerprint density at radius 2 is 2.06 bits per heavy atom. The minimum atomic E-state index is -3.54. The second kappa shape index (κ2) is 4.41. The number of hydrogen-bond donors (Lipinski definition) is 1. The molecule has 1 saturated heterocycles. The van der Waals surface area contributed by atoms with Crippen molar-refractivity contribution in [1.82, 2.24) is 13.7 Å². The summed E-state index contributed by atoms with van der Waals surface area (Å²) in [6, 6.07) is 0. The Labute approximate surface area is 113 Å². The van der Waals surface area contributed by atoms with Crippen LogP contribution in [0.2, 0.25) is 0 Å². The van der Waals surface area contributed by atoms with Gasteiger partial charge >= 0.3 is 0 Å². The molecule has 0 saturated carbocycles. The molecule has 18 heavy (non-hydrogen) atoms. The van der Waals surface area contributed by atoms with Crippen LogP contribution in [0.15, 0.2) is 16.6 Å². The Morgan fingerprint density at radius 3 is 2.78 bits per heavy atom. The molecule has 0 unspecified atom stereocenters. The van der Waals surface area contributed by atoms with E-state index in [2.05, 4.69) is 4.98 Å². The Bertz CT molecular complexity index is 669. The second-order valence-corrected chi connectivity index (χ2v) is 7.83. The molecule has 1 fully saturated rings. The van der Waals surface area contributed by atoms with E-state index in [9.17, 15) is 8.42 Å². The van der Waals surface area contributed by atoms with Crippen LogP contribution in [0.5, 0.6) is 0 Å². The van der Waals surface area contributed by atoms with E-state index >= 15 is 0 Å². The van der Waals surface area contributed by atoms with Crippen molar-refractivity contribution in [3.63, 3.8) is 0 Å². The number of aromatic nitrogens is 2. The van der Waals surface area contributed by atoms with Crippen molar-refractivity contribution in [2.75, 3.05) is 30.3 Å². The highest BCUT2D eigenvalue weighted by Crippen LogP contribution is 2.27. The summed E-state index contributed by atoms with van der Waals surface area (Å²) in [7, 11) is -3.54. The van der Waals surface area contributed by atoms with Crippen LogP contribution < -0.4 is 5.73 Å². The first kappa shape index (κ1) is 12.3. The van der Waals surface area contributed by atoms with Crippen LogP contribution in [0.4, 0.5) is 5.82 Å². The largest absolute Gasteiger partial charge is 0.381 e. The average molecular weight is 304 g/mol. The van der Waals surface area contributed by atoms with Crippen LogP contribution in [0.25, 0.3) is 4.96 Å². The number of rotatable bonds is 2. The number of thiazole rings is 1. The molecule has 98 valence electrons. The molecule has 9 heteroatoms. The molecule has 6 nitrogen and oxygen atoms in total. The topological polar surface area (TPSA) is 80.7 Å². The molecule has 2 aromatic rings. The second-order valence-electron chi connectivity index (χ2n) is 3.87. The number of thioether (sulfide) groups is 1. The van der Waals surface area contributed by atoms with Crippen LogP contribution in [-0.4, -0.2) is 46.7 Å². The molecule has 1 aliphatic heterocycles. The minimum Gasteiger partial charge on any atom is -0.381 e. The van der Waals surface area contributed by atoms with Crippen LogP contribution in [-0.2, 0) is 10.0 Å². The first-order valence-corrected chi connectivity index (χ1v) is 8.87. The van der Waals surface area contributed by atoms with Crippen LogP contribution in [0.1, 0.15) is 0 Å². The van der Waals surface area contributed by atoms with Crippen molar-refractivity contribution in [3.8, 4) is 0 Å². The van der Waals surface area contributed by atoms with Crippen molar-refractivity contribution < 1.29 is 8.42 Å². The zero-order chi connectivity index (χ0) is 12.8. The summed E-state index contributed by atoms with van der Waals surface area (Å²) in [5, 5.41) is 1.90. The highest BCUT2D eigenvalue weighted by Gasteiger charge is 2.31. The van der Waals surface area contributed by atoms with Crippen molar-refractivity contribution >= 4 is 43.9 Å². The maximum Gasteiger partial charge on any atom is 0.262 e. The van der Waals surface area contributed by atoms with Crippen LogP contribution >= 0.6 is 23.1 Å². The molecule has 0 bridgehead atoms. The van der Waals surface area contributed by atoms with Gasteiger partial charge in [-0.3, -0.25) is 4.40 Å². The van der Waals surface area contributed by atoms with Gasteiger partial charge in [-0.05, 0) is 0 Å². The highest BCUT2D eigenvalue weighted by atomic mass is 32.2. The van der Waals surface area contributed by atoms with E-state index in [1.807, 2.05) is 0 Å². The molecule has 0 aliphatic carbocycles. The first-order valence-electron chi connectivity index (χ1n) is 5.39. The van der Waals surface area contributed by atoms with E-state index < -0.39 is 10.0 Å². The highest BCUT2D eigenvalue weighted by molar-refractivity contribution is 7.99. The fourth-order valence-corrected chi connectivity index (χ4v) is 5.47. The summed E-state index contributed by atoms with van der Waals surface area (Å²) in [6.07, 6.45) is 1.69. The molecule has 1 aliphatic rings. The maximum atomic E-state index is 12.6. The van der Waals surface area contributed by atoms with Gasteiger partial charge < -0.3 is 5.73 Å². The summed E-state index contributed by atoms with van der Waals surface area (Å²) in [6.45, 7) is 1.06. The van der Waals surface area contributed by atoms with Crippen molar-refractivity contribution in [2.45, 2.75) is 5.03 Å². The zero-order valence-corrected chi connectivity index (χ0v) is 11.9. The van der Waals surface area contributed by atoms with E-state index in [1.165, 1.54) is 15.6 Å². The number of nitrogens with two attached hydrogens (primary N) is 1. The van der Waals surface area contributed by atoms with Crippen LogP contribution in [0, 0.1) is 0 Å². The number of sulfonamides is 1. The smallest absolute Gasteiger partial charge is 0.262 e. The van der Waals surface area contributed by atoms with Crippen molar-refractivity contribution in [1.29, 1.82) is 0 Å². The number of nitrogen functional groups attached to an aromatic ring is 1. The summed E-state index contributed by atoms with van der Waals surface area (Å²) >= 11 is 3.13. The van der Waals surface area contributed by atoms with Gasteiger partial charge in [0.15, 0.2) is 15.8 Å². The molecule has 3 heterocycles. The Kier molecular flexibility index (Phi) is 3.00. The van der Waals surface area contributed by atoms with E-state index in [-0.39, 0.29) is 10.8 Å². The zero-order valence-electron chi connectivity index (χ0n) is 9.44. The lowest BCUT2D eigenvalue weighted by atomic mass is 10.6. The number of anilines is 1. The average Bonchev–Trinajstić information content (AvgIpc) is 2.89. The normalized spacial score (nSPS) is 18.4. The molecule has 0 spiro atoms. The number of fused-ring (bicyclic) bond motifs is 1. The van der Waals surface area contributed by atoms with Gasteiger partial charge in [-0.15, -0.1) is 11.3 Å². The molecule has 0 atom stereocenters. The Morgan fingerprint density at radius 1 is 1.33 bits per heavy atom. The Balaban J connectivity index is 2.12. The van der Waals surface area contributed by atoms with Gasteiger partial charge in [-0.2, -0.15) is 16.1 Å². The quantitative estimate of drug-likeness (QED) is 0.884. The molecule has 0 aromatic carbocycles. The number of nitrogens with zero attached hydrogens (tertiary/aromatic N) is 3. The molecule has 0 amide bonds.